The van der Waals surface area contributed by atoms with Crippen LogP contribution in [0, 0.1) is 13.8 Å². The zero-order chi connectivity index (χ0) is 10.7. The van der Waals surface area contributed by atoms with Crippen LogP contribution in [0.5, 0.6) is 5.75 Å². The Balaban J connectivity index is 3.17. The fraction of sp³-hybridized carbons (Fsp3) is 0.364. The quantitative estimate of drug-likeness (QED) is 0.783. The summed E-state index contributed by atoms with van der Waals surface area (Å²) in [5.41, 5.74) is 2.82. The molecule has 0 amide bonds. The van der Waals surface area contributed by atoms with Crippen molar-refractivity contribution in [1.82, 2.24) is 0 Å². The van der Waals surface area contributed by atoms with E-state index < -0.39 is 0 Å². The number of rotatable bonds is 3. The number of phenolic OH excluding ortho intramolecular Hbond substituents is 1. The lowest BCUT2D eigenvalue weighted by Gasteiger charge is -2.11. The Morgan fingerprint density at radius 3 is 2.71 bits per heavy atom. The lowest BCUT2D eigenvalue weighted by atomic mass is 9.99. The Bertz CT molecular complexity index is 333. The van der Waals surface area contributed by atoms with Gasteiger partial charge in [0, 0.05) is 6.42 Å². The molecule has 0 atom stereocenters. The van der Waals surface area contributed by atoms with Gasteiger partial charge in [0.05, 0.1) is 5.02 Å². The molecule has 76 valence electrons. The number of hydrogen-bond donors (Lipinski definition) is 1. The summed E-state index contributed by atoms with van der Waals surface area (Å²) in [6.45, 7) is 3.86. The fourth-order valence-electron chi connectivity index (χ4n) is 1.44. The number of carbonyl (C=O) groups is 1. The first-order valence-corrected chi connectivity index (χ1v) is 4.87. The largest absolute Gasteiger partial charge is 0.506 e. The van der Waals surface area contributed by atoms with Crippen molar-refractivity contribution >= 4 is 17.9 Å². The molecule has 0 aliphatic carbocycles. The first-order chi connectivity index (χ1) is 6.57. The lowest BCUT2D eigenvalue weighted by Crippen LogP contribution is -1.95. The molecular formula is C11H13ClO2. The minimum atomic E-state index is 0.108. The first-order valence-electron chi connectivity index (χ1n) is 4.49. The van der Waals surface area contributed by atoms with E-state index in [0.717, 1.165) is 23.0 Å². The summed E-state index contributed by atoms with van der Waals surface area (Å²) < 4.78 is 0. The summed E-state index contributed by atoms with van der Waals surface area (Å²) in [6.07, 6.45) is 1.80. The number of aryl methyl sites for hydroxylation is 1. The number of halogens is 1. The zero-order valence-corrected chi connectivity index (χ0v) is 9.06. The van der Waals surface area contributed by atoms with Gasteiger partial charge in [-0.2, -0.15) is 0 Å². The summed E-state index contributed by atoms with van der Waals surface area (Å²) >= 11 is 5.83. The Morgan fingerprint density at radius 2 is 2.14 bits per heavy atom. The molecule has 1 aromatic carbocycles. The highest BCUT2D eigenvalue weighted by atomic mass is 35.5. The third kappa shape index (κ3) is 2.07. The molecule has 0 aliphatic heterocycles. The van der Waals surface area contributed by atoms with Crippen molar-refractivity contribution in [1.29, 1.82) is 0 Å². The molecule has 1 N–H and O–H groups in total. The van der Waals surface area contributed by atoms with E-state index in [0.29, 0.717) is 17.9 Å². The smallest absolute Gasteiger partial charge is 0.137 e. The maximum absolute atomic E-state index is 10.3. The van der Waals surface area contributed by atoms with Crippen molar-refractivity contribution in [3.8, 4) is 5.75 Å². The van der Waals surface area contributed by atoms with Gasteiger partial charge < -0.3 is 9.90 Å². The molecule has 0 aromatic heterocycles. The van der Waals surface area contributed by atoms with Gasteiger partial charge in [-0.1, -0.05) is 11.6 Å². The highest BCUT2D eigenvalue weighted by Gasteiger charge is 2.11. The average Bonchev–Trinajstić information content (AvgIpc) is 2.15. The minimum Gasteiger partial charge on any atom is -0.506 e. The van der Waals surface area contributed by atoms with Gasteiger partial charge in [-0.05, 0) is 43.0 Å². The average molecular weight is 213 g/mol. The number of hydrogen-bond acceptors (Lipinski definition) is 2. The summed E-state index contributed by atoms with van der Waals surface area (Å²) in [6, 6.07) is 1.73. The maximum Gasteiger partial charge on any atom is 0.137 e. The number of benzene rings is 1. The van der Waals surface area contributed by atoms with E-state index in [1.807, 2.05) is 13.8 Å². The van der Waals surface area contributed by atoms with Gasteiger partial charge in [0.1, 0.15) is 12.0 Å². The van der Waals surface area contributed by atoms with E-state index in [2.05, 4.69) is 0 Å². The van der Waals surface area contributed by atoms with Gasteiger partial charge in [0.15, 0.2) is 0 Å². The second-order valence-electron chi connectivity index (χ2n) is 3.33. The molecule has 0 radical (unpaired) electrons. The molecule has 1 rings (SSSR count). The Labute approximate surface area is 88.5 Å². The summed E-state index contributed by atoms with van der Waals surface area (Å²) in [5.74, 6) is 0.108. The van der Waals surface area contributed by atoms with Crippen molar-refractivity contribution in [2.45, 2.75) is 26.7 Å². The Morgan fingerprint density at radius 1 is 1.50 bits per heavy atom. The van der Waals surface area contributed by atoms with E-state index in [9.17, 15) is 9.90 Å². The van der Waals surface area contributed by atoms with Crippen LogP contribution in [0.3, 0.4) is 0 Å². The molecule has 0 aliphatic rings. The number of aldehydes is 1. The van der Waals surface area contributed by atoms with Crippen LogP contribution in [0.25, 0.3) is 0 Å². The van der Waals surface area contributed by atoms with Crippen molar-refractivity contribution in [3.63, 3.8) is 0 Å². The molecule has 0 fully saturated rings. The first kappa shape index (κ1) is 11.1. The van der Waals surface area contributed by atoms with Crippen LogP contribution in [0.2, 0.25) is 5.02 Å². The normalized spacial score (nSPS) is 10.2. The summed E-state index contributed by atoms with van der Waals surface area (Å²) in [4.78, 5) is 10.3. The second-order valence-corrected chi connectivity index (χ2v) is 3.74. The monoisotopic (exact) mass is 212 g/mol. The molecule has 0 heterocycles. The van der Waals surface area contributed by atoms with Crippen molar-refractivity contribution in [2.24, 2.45) is 0 Å². The van der Waals surface area contributed by atoms with Crippen molar-refractivity contribution in [2.75, 3.05) is 0 Å². The molecule has 3 heteroatoms. The van der Waals surface area contributed by atoms with Crippen molar-refractivity contribution < 1.29 is 9.90 Å². The third-order valence-corrected chi connectivity index (χ3v) is 2.70. The van der Waals surface area contributed by atoms with E-state index >= 15 is 0 Å². The van der Waals surface area contributed by atoms with Crippen LogP contribution in [0.4, 0.5) is 0 Å². The molecule has 0 saturated heterocycles. The Kier molecular flexibility index (Phi) is 3.53. The predicted octanol–water partition coefficient (Wildman–Crippen LogP) is 2.79. The van der Waals surface area contributed by atoms with Crippen LogP contribution in [-0.2, 0) is 11.2 Å². The molecule has 0 saturated carbocycles. The van der Waals surface area contributed by atoms with E-state index in [1.165, 1.54) is 0 Å². The highest BCUT2D eigenvalue weighted by molar-refractivity contribution is 6.32. The van der Waals surface area contributed by atoms with E-state index in [1.54, 1.807) is 6.07 Å². The summed E-state index contributed by atoms with van der Waals surface area (Å²) in [7, 11) is 0. The molecule has 1 aromatic rings. The van der Waals surface area contributed by atoms with Crippen LogP contribution < -0.4 is 0 Å². The molecule has 14 heavy (non-hydrogen) atoms. The highest BCUT2D eigenvalue weighted by Crippen LogP contribution is 2.32. The fourth-order valence-corrected chi connectivity index (χ4v) is 1.71. The number of phenols is 1. The van der Waals surface area contributed by atoms with Gasteiger partial charge in [0.25, 0.3) is 0 Å². The van der Waals surface area contributed by atoms with Gasteiger partial charge in [0.2, 0.25) is 0 Å². The molecular weight excluding hydrogens is 200 g/mol. The Hall–Kier alpha value is -1.02. The third-order valence-electron chi connectivity index (χ3n) is 2.41. The van der Waals surface area contributed by atoms with E-state index in [4.69, 9.17) is 11.6 Å². The van der Waals surface area contributed by atoms with Gasteiger partial charge >= 0.3 is 0 Å². The number of carbonyl (C=O) groups excluding carboxylic acids is 1. The molecule has 2 nitrogen and oxygen atoms in total. The van der Waals surface area contributed by atoms with Crippen LogP contribution in [0.1, 0.15) is 23.1 Å². The molecule has 0 unspecified atom stereocenters. The summed E-state index contributed by atoms with van der Waals surface area (Å²) in [5, 5.41) is 10.0. The number of aromatic hydroxyl groups is 1. The maximum atomic E-state index is 10.3. The molecule has 0 spiro atoms. The van der Waals surface area contributed by atoms with E-state index in [-0.39, 0.29) is 5.75 Å². The molecule has 0 bridgehead atoms. The van der Waals surface area contributed by atoms with Crippen LogP contribution in [-0.4, -0.2) is 11.4 Å². The minimum absolute atomic E-state index is 0.108. The topological polar surface area (TPSA) is 37.3 Å². The van der Waals surface area contributed by atoms with Crippen molar-refractivity contribution in [3.05, 3.63) is 27.8 Å². The zero-order valence-electron chi connectivity index (χ0n) is 8.30. The van der Waals surface area contributed by atoms with Gasteiger partial charge in [-0.15, -0.1) is 0 Å². The van der Waals surface area contributed by atoms with Crippen LogP contribution >= 0.6 is 11.6 Å². The standard InChI is InChI=1S/C11H13ClO2/c1-7-6-10(12)11(14)9(8(7)2)4-3-5-13/h5-6,14H,3-4H2,1-2H3. The van der Waals surface area contributed by atoms with Gasteiger partial charge in [-0.3, -0.25) is 0 Å². The predicted molar refractivity (Wildman–Crippen MR) is 57.0 cm³/mol. The SMILES string of the molecule is Cc1cc(Cl)c(O)c(CCC=O)c1C. The second kappa shape index (κ2) is 4.47. The lowest BCUT2D eigenvalue weighted by molar-refractivity contribution is -0.107. The van der Waals surface area contributed by atoms with Gasteiger partial charge in [-0.25, -0.2) is 0 Å². The van der Waals surface area contributed by atoms with Crippen LogP contribution in [0.15, 0.2) is 6.07 Å².